The Kier molecular flexibility index (Phi) is 8.89. The monoisotopic (exact) mass is 325 g/mol. The summed E-state index contributed by atoms with van der Waals surface area (Å²) < 4.78 is 20.0. The van der Waals surface area contributed by atoms with Gasteiger partial charge in [0.2, 0.25) is 0 Å². The van der Waals surface area contributed by atoms with E-state index in [0.717, 1.165) is 5.56 Å². The van der Waals surface area contributed by atoms with Crippen molar-refractivity contribution in [3.63, 3.8) is 0 Å². The molecule has 0 aromatic heterocycles. The molecule has 0 unspecified atom stereocenters. The summed E-state index contributed by atoms with van der Waals surface area (Å²) >= 11 is 0. The Bertz CT molecular complexity index is 475. The first-order valence-electron chi connectivity index (χ1n) is 7.13. The Morgan fingerprint density at radius 2 is 1.61 bits per heavy atom. The van der Waals surface area contributed by atoms with Gasteiger partial charge in [-0.2, -0.15) is 0 Å². The van der Waals surface area contributed by atoms with Gasteiger partial charge in [0.1, 0.15) is 6.61 Å². The topological polar surface area (TPSA) is 74.3 Å². The maximum absolute atomic E-state index is 12.0. The van der Waals surface area contributed by atoms with Crippen LogP contribution in [-0.4, -0.2) is 64.1 Å². The summed E-state index contributed by atoms with van der Waals surface area (Å²) in [6, 6.07) is 9.36. The zero-order chi connectivity index (χ0) is 17.1. The highest BCUT2D eigenvalue weighted by atomic mass is 16.7. The number of rotatable bonds is 10. The minimum atomic E-state index is -0.554. The summed E-state index contributed by atoms with van der Waals surface area (Å²) in [5, 5.41) is 0. The van der Waals surface area contributed by atoms with Gasteiger partial charge in [0, 0.05) is 14.2 Å². The fourth-order valence-corrected chi connectivity index (χ4v) is 1.85. The summed E-state index contributed by atoms with van der Waals surface area (Å²) in [6.07, 6.45) is -0.554. The lowest BCUT2D eigenvalue weighted by molar-refractivity contribution is -0.153. The van der Waals surface area contributed by atoms with Crippen LogP contribution in [0.25, 0.3) is 0 Å². The Labute approximate surface area is 136 Å². The number of carbonyl (C=O) groups is 2. The average molecular weight is 325 g/mol. The van der Waals surface area contributed by atoms with Crippen molar-refractivity contribution in [2.45, 2.75) is 12.9 Å². The third-order valence-electron chi connectivity index (χ3n) is 3.11. The molecule has 1 aromatic rings. The van der Waals surface area contributed by atoms with Crippen LogP contribution in [0.15, 0.2) is 30.3 Å². The van der Waals surface area contributed by atoms with Gasteiger partial charge in [0.25, 0.3) is 0 Å². The Morgan fingerprint density at radius 3 is 2.17 bits per heavy atom. The van der Waals surface area contributed by atoms with E-state index < -0.39 is 18.2 Å². The highest BCUT2D eigenvalue weighted by Gasteiger charge is 2.20. The quantitative estimate of drug-likeness (QED) is 0.466. The number of benzene rings is 1. The minimum Gasteiger partial charge on any atom is -0.468 e. The van der Waals surface area contributed by atoms with Crippen molar-refractivity contribution in [2.24, 2.45) is 0 Å². The van der Waals surface area contributed by atoms with Gasteiger partial charge in [-0.15, -0.1) is 0 Å². The predicted molar refractivity (Wildman–Crippen MR) is 82.5 cm³/mol. The number of esters is 2. The van der Waals surface area contributed by atoms with Gasteiger partial charge in [-0.25, -0.2) is 0 Å². The normalized spacial score (nSPS) is 10.8. The van der Waals surface area contributed by atoms with Gasteiger partial charge >= 0.3 is 11.9 Å². The molecule has 0 aliphatic carbocycles. The largest absolute Gasteiger partial charge is 0.468 e. The fraction of sp³-hybridized carbons (Fsp3) is 0.500. The van der Waals surface area contributed by atoms with E-state index in [0.29, 0.717) is 0 Å². The first-order chi connectivity index (χ1) is 11.1. The molecule has 1 rings (SSSR count). The lowest BCUT2D eigenvalue weighted by atomic mass is 10.2. The molecule has 7 nitrogen and oxygen atoms in total. The number of methoxy groups -OCH3 is 3. The minimum absolute atomic E-state index is 0.0554. The fourth-order valence-electron chi connectivity index (χ4n) is 1.85. The van der Waals surface area contributed by atoms with E-state index >= 15 is 0 Å². The van der Waals surface area contributed by atoms with Gasteiger partial charge in [-0.05, 0) is 5.56 Å². The number of hydrogen-bond donors (Lipinski definition) is 0. The van der Waals surface area contributed by atoms with E-state index in [9.17, 15) is 9.59 Å². The molecule has 0 amide bonds. The van der Waals surface area contributed by atoms with Crippen LogP contribution >= 0.6 is 0 Å². The Hall–Kier alpha value is -1.96. The number of ether oxygens (including phenoxy) is 4. The van der Waals surface area contributed by atoms with Crippen LogP contribution in [0, 0.1) is 0 Å². The van der Waals surface area contributed by atoms with Gasteiger partial charge in [0.05, 0.1) is 26.7 Å². The smallest absolute Gasteiger partial charge is 0.320 e. The van der Waals surface area contributed by atoms with Crippen LogP contribution in [0.4, 0.5) is 0 Å². The SMILES string of the molecule is COC(=O)CN(CC(=O)OCc1ccccc1)CC(OC)OC. The standard InChI is InChI=1S/C16H23NO6/c1-20-14(18)9-17(11-16(21-2)22-3)10-15(19)23-12-13-7-5-4-6-8-13/h4-8,16H,9-12H2,1-3H3. The van der Waals surface area contributed by atoms with E-state index in [-0.39, 0.29) is 26.2 Å². The third kappa shape index (κ3) is 7.73. The summed E-state index contributed by atoms with van der Waals surface area (Å²) in [6.45, 7) is 0.303. The molecule has 23 heavy (non-hydrogen) atoms. The number of hydrogen-bond acceptors (Lipinski definition) is 7. The van der Waals surface area contributed by atoms with Crippen LogP contribution < -0.4 is 0 Å². The van der Waals surface area contributed by atoms with Crippen LogP contribution in [0.5, 0.6) is 0 Å². The second kappa shape index (κ2) is 10.7. The van der Waals surface area contributed by atoms with Crippen molar-refractivity contribution in [3.8, 4) is 0 Å². The first-order valence-corrected chi connectivity index (χ1v) is 7.13. The highest BCUT2D eigenvalue weighted by Crippen LogP contribution is 2.03. The molecule has 0 radical (unpaired) electrons. The van der Waals surface area contributed by atoms with E-state index in [1.54, 1.807) is 4.90 Å². The molecule has 0 bridgehead atoms. The van der Waals surface area contributed by atoms with Crippen LogP contribution in [0.3, 0.4) is 0 Å². The molecule has 0 heterocycles. The van der Waals surface area contributed by atoms with Gasteiger partial charge in [-0.3, -0.25) is 14.5 Å². The lowest BCUT2D eigenvalue weighted by Crippen LogP contribution is -2.41. The summed E-state index contributed by atoms with van der Waals surface area (Å²) in [7, 11) is 4.26. The van der Waals surface area contributed by atoms with E-state index in [4.69, 9.17) is 14.2 Å². The Balaban J connectivity index is 2.52. The van der Waals surface area contributed by atoms with E-state index in [1.165, 1.54) is 21.3 Å². The highest BCUT2D eigenvalue weighted by molar-refractivity contribution is 5.74. The molecule has 128 valence electrons. The third-order valence-corrected chi connectivity index (χ3v) is 3.11. The molecule has 0 fully saturated rings. The predicted octanol–water partition coefficient (Wildman–Crippen LogP) is 0.824. The number of nitrogens with zero attached hydrogens (tertiary/aromatic N) is 1. The zero-order valence-corrected chi connectivity index (χ0v) is 13.7. The van der Waals surface area contributed by atoms with Crippen molar-refractivity contribution >= 4 is 11.9 Å². The molecule has 7 heteroatoms. The van der Waals surface area contributed by atoms with Crippen molar-refractivity contribution < 1.29 is 28.5 Å². The van der Waals surface area contributed by atoms with Gasteiger partial charge < -0.3 is 18.9 Å². The number of carbonyl (C=O) groups excluding carboxylic acids is 2. The van der Waals surface area contributed by atoms with Crippen LogP contribution in [0.2, 0.25) is 0 Å². The summed E-state index contributed by atoms with van der Waals surface area (Å²) in [5.41, 5.74) is 0.895. The summed E-state index contributed by atoms with van der Waals surface area (Å²) in [4.78, 5) is 25.0. The molecule has 0 aliphatic rings. The molecular formula is C16H23NO6. The molecular weight excluding hydrogens is 302 g/mol. The Morgan fingerprint density at radius 1 is 1.00 bits per heavy atom. The maximum Gasteiger partial charge on any atom is 0.320 e. The maximum atomic E-state index is 12.0. The van der Waals surface area contributed by atoms with Gasteiger partial charge in [0.15, 0.2) is 6.29 Å². The zero-order valence-electron chi connectivity index (χ0n) is 13.7. The second-order valence-corrected chi connectivity index (χ2v) is 4.79. The molecule has 0 N–H and O–H groups in total. The molecule has 1 aromatic carbocycles. The summed E-state index contributed by atoms with van der Waals surface area (Å²) in [5.74, 6) is -0.893. The molecule has 0 saturated carbocycles. The molecule has 0 saturated heterocycles. The second-order valence-electron chi connectivity index (χ2n) is 4.79. The van der Waals surface area contributed by atoms with Crippen molar-refractivity contribution in [1.29, 1.82) is 0 Å². The first kappa shape index (κ1) is 19.1. The van der Waals surface area contributed by atoms with Gasteiger partial charge in [-0.1, -0.05) is 30.3 Å². The van der Waals surface area contributed by atoms with Crippen LogP contribution in [-0.2, 0) is 35.1 Å². The van der Waals surface area contributed by atoms with E-state index in [2.05, 4.69) is 4.74 Å². The van der Waals surface area contributed by atoms with Crippen LogP contribution in [0.1, 0.15) is 5.56 Å². The average Bonchev–Trinajstić information content (AvgIpc) is 2.58. The molecule has 0 spiro atoms. The van der Waals surface area contributed by atoms with Crippen molar-refractivity contribution in [1.82, 2.24) is 4.90 Å². The molecule has 0 atom stereocenters. The van der Waals surface area contributed by atoms with E-state index in [1.807, 2.05) is 30.3 Å². The lowest BCUT2D eigenvalue weighted by Gasteiger charge is -2.24. The van der Waals surface area contributed by atoms with Crippen molar-refractivity contribution in [3.05, 3.63) is 35.9 Å². The molecule has 0 aliphatic heterocycles. The van der Waals surface area contributed by atoms with Crippen molar-refractivity contribution in [2.75, 3.05) is 41.0 Å².